The second kappa shape index (κ2) is 3.03. The fourth-order valence-electron chi connectivity index (χ4n) is 1.41. The molecule has 0 atom stereocenters. The van der Waals surface area contributed by atoms with Crippen LogP contribution in [0.5, 0.6) is 0 Å². The van der Waals surface area contributed by atoms with Crippen LogP contribution in [0.2, 0.25) is 0 Å². The van der Waals surface area contributed by atoms with Crippen molar-refractivity contribution in [1.82, 2.24) is 0 Å². The number of nitrogens with zero attached hydrogens (tertiary/aromatic N) is 1. The lowest BCUT2D eigenvalue weighted by atomic mass is 10.1. The van der Waals surface area contributed by atoms with Gasteiger partial charge >= 0.3 is 0 Å². The SMILES string of the molecule is O=[N+]([O-])c1cccc(C2(O)CC2)c1Br. The zero-order valence-electron chi connectivity index (χ0n) is 7.24. The van der Waals surface area contributed by atoms with Crippen LogP contribution in [-0.2, 0) is 5.60 Å². The Bertz CT molecular complexity index is 401. The minimum Gasteiger partial charge on any atom is -0.385 e. The van der Waals surface area contributed by atoms with Crippen LogP contribution in [0.4, 0.5) is 5.69 Å². The van der Waals surface area contributed by atoms with Gasteiger partial charge in [-0.3, -0.25) is 10.1 Å². The van der Waals surface area contributed by atoms with E-state index in [1.165, 1.54) is 6.07 Å². The van der Waals surface area contributed by atoms with Crippen molar-refractivity contribution in [1.29, 1.82) is 0 Å². The smallest absolute Gasteiger partial charge is 0.283 e. The molecular weight excluding hydrogens is 250 g/mol. The number of hydrogen-bond donors (Lipinski definition) is 1. The Hall–Kier alpha value is -0.940. The number of nitro groups is 1. The number of rotatable bonds is 2. The van der Waals surface area contributed by atoms with Gasteiger partial charge in [-0.25, -0.2) is 0 Å². The average Bonchev–Trinajstić information content (AvgIpc) is 2.84. The molecule has 1 aliphatic carbocycles. The molecule has 0 saturated heterocycles. The molecule has 1 fully saturated rings. The van der Waals surface area contributed by atoms with Crippen molar-refractivity contribution in [3.05, 3.63) is 38.3 Å². The van der Waals surface area contributed by atoms with Crippen LogP contribution in [0.25, 0.3) is 0 Å². The first-order valence-electron chi connectivity index (χ1n) is 4.20. The van der Waals surface area contributed by atoms with E-state index >= 15 is 0 Å². The van der Waals surface area contributed by atoms with E-state index in [9.17, 15) is 15.2 Å². The summed E-state index contributed by atoms with van der Waals surface area (Å²) >= 11 is 3.16. The molecule has 0 spiro atoms. The van der Waals surface area contributed by atoms with E-state index in [0.717, 1.165) is 0 Å². The third-order valence-corrected chi connectivity index (χ3v) is 3.23. The highest BCUT2D eigenvalue weighted by molar-refractivity contribution is 9.10. The number of hydrogen-bond acceptors (Lipinski definition) is 3. The fraction of sp³-hybridized carbons (Fsp3) is 0.333. The first kappa shape index (κ1) is 9.61. The van der Waals surface area contributed by atoms with Gasteiger partial charge in [-0.1, -0.05) is 12.1 Å². The maximum absolute atomic E-state index is 10.6. The number of aliphatic hydroxyl groups is 1. The van der Waals surface area contributed by atoms with E-state index in [2.05, 4.69) is 15.9 Å². The van der Waals surface area contributed by atoms with Gasteiger partial charge in [0.1, 0.15) is 4.47 Å². The summed E-state index contributed by atoms with van der Waals surface area (Å²) in [6.07, 6.45) is 1.35. The molecule has 0 aromatic heterocycles. The molecule has 0 amide bonds. The van der Waals surface area contributed by atoms with Crippen molar-refractivity contribution in [3.8, 4) is 0 Å². The van der Waals surface area contributed by atoms with E-state index in [0.29, 0.717) is 22.9 Å². The van der Waals surface area contributed by atoms with Crippen molar-refractivity contribution in [2.24, 2.45) is 0 Å². The molecule has 1 aromatic rings. The van der Waals surface area contributed by atoms with Crippen molar-refractivity contribution < 1.29 is 10.0 Å². The second-order valence-electron chi connectivity index (χ2n) is 3.43. The minimum absolute atomic E-state index is 0.00262. The zero-order valence-corrected chi connectivity index (χ0v) is 8.82. The molecule has 14 heavy (non-hydrogen) atoms. The summed E-state index contributed by atoms with van der Waals surface area (Å²) in [5, 5.41) is 20.4. The Kier molecular flexibility index (Phi) is 2.08. The summed E-state index contributed by atoms with van der Waals surface area (Å²) in [5.41, 5.74) is -0.222. The topological polar surface area (TPSA) is 63.4 Å². The Morgan fingerprint density at radius 3 is 2.64 bits per heavy atom. The highest BCUT2D eigenvalue weighted by Crippen LogP contribution is 2.49. The van der Waals surface area contributed by atoms with Crippen molar-refractivity contribution >= 4 is 21.6 Å². The quantitative estimate of drug-likeness (QED) is 0.654. The van der Waals surface area contributed by atoms with Crippen LogP contribution >= 0.6 is 15.9 Å². The molecule has 0 unspecified atom stereocenters. The number of nitro benzene ring substituents is 1. The molecule has 0 bridgehead atoms. The molecule has 0 aliphatic heterocycles. The largest absolute Gasteiger partial charge is 0.385 e. The standard InChI is InChI=1S/C9H8BrNO3/c10-8-6(9(12)4-5-9)2-1-3-7(8)11(13)14/h1-3,12H,4-5H2. The maximum Gasteiger partial charge on any atom is 0.283 e. The molecule has 1 aromatic carbocycles. The first-order chi connectivity index (χ1) is 6.54. The maximum atomic E-state index is 10.6. The number of benzene rings is 1. The summed E-state index contributed by atoms with van der Waals surface area (Å²) in [6, 6.07) is 4.72. The van der Waals surface area contributed by atoms with Crippen molar-refractivity contribution in [3.63, 3.8) is 0 Å². The van der Waals surface area contributed by atoms with Gasteiger partial charge < -0.3 is 5.11 Å². The van der Waals surface area contributed by atoms with Gasteiger partial charge in [-0.15, -0.1) is 0 Å². The van der Waals surface area contributed by atoms with Gasteiger partial charge in [0.05, 0.1) is 10.5 Å². The van der Waals surface area contributed by atoms with Crippen LogP contribution in [0, 0.1) is 10.1 Å². The van der Waals surface area contributed by atoms with Crippen molar-refractivity contribution in [2.75, 3.05) is 0 Å². The lowest BCUT2D eigenvalue weighted by molar-refractivity contribution is -0.385. The van der Waals surface area contributed by atoms with E-state index < -0.39 is 10.5 Å². The van der Waals surface area contributed by atoms with Gasteiger partial charge in [0.25, 0.3) is 5.69 Å². The van der Waals surface area contributed by atoms with E-state index in [4.69, 9.17) is 0 Å². The molecule has 1 N–H and O–H groups in total. The van der Waals surface area contributed by atoms with Crippen LogP contribution in [0.15, 0.2) is 22.7 Å². The summed E-state index contributed by atoms with van der Waals surface area (Å²) in [4.78, 5) is 10.2. The average molecular weight is 258 g/mol. The van der Waals surface area contributed by atoms with Crippen LogP contribution in [0.1, 0.15) is 18.4 Å². The van der Waals surface area contributed by atoms with Gasteiger partial charge in [0, 0.05) is 11.6 Å². The third-order valence-electron chi connectivity index (χ3n) is 2.40. The Morgan fingerprint density at radius 1 is 1.50 bits per heavy atom. The molecule has 5 heteroatoms. The fourth-order valence-corrected chi connectivity index (χ4v) is 2.19. The van der Waals surface area contributed by atoms with E-state index in [1.807, 2.05) is 0 Å². The summed E-state index contributed by atoms with van der Waals surface area (Å²) in [5.74, 6) is 0. The van der Waals surface area contributed by atoms with E-state index in [-0.39, 0.29) is 5.69 Å². The predicted molar refractivity (Wildman–Crippen MR) is 53.9 cm³/mol. The predicted octanol–water partition coefficient (Wildman–Crippen LogP) is 2.34. The first-order valence-corrected chi connectivity index (χ1v) is 5.00. The molecule has 1 aliphatic rings. The summed E-state index contributed by atoms with van der Waals surface area (Å²) in [6.45, 7) is 0. The molecule has 0 heterocycles. The van der Waals surface area contributed by atoms with E-state index in [1.54, 1.807) is 12.1 Å². The Balaban J connectivity index is 2.52. The highest BCUT2D eigenvalue weighted by atomic mass is 79.9. The minimum atomic E-state index is -0.842. The summed E-state index contributed by atoms with van der Waals surface area (Å²) < 4.78 is 0.394. The Labute approximate surface area is 88.8 Å². The van der Waals surface area contributed by atoms with Gasteiger partial charge in [0.15, 0.2) is 0 Å². The lowest BCUT2D eigenvalue weighted by Crippen LogP contribution is -2.06. The molecule has 4 nitrogen and oxygen atoms in total. The molecular formula is C9H8BrNO3. The van der Waals surface area contributed by atoms with Gasteiger partial charge in [0.2, 0.25) is 0 Å². The van der Waals surface area contributed by atoms with Crippen LogP contribution in [-0.4, -0.2) is 10.0 Å². The van der Waals surface area contributed by atoms with Crippen LogP contribution in [0.3, 0.4) is 0 Å². The molecule has 74 valence electrons. The summed E-state index contributed by atoms with van der Waals surface area (Å²) in [7, 11) is 0. The zero-order chi connectivity index (χ0) is 10.3. The van der Waals surface area contributed by atoms with Gasteiger partial charge in [-0.2, -0.15) is 0 Å². The van der Waals surface area contributed by atoms with Gasteiger partial charge in [-0.05, 0) is 28.8 Å². The second-order valence-corrected chi connectivity index (χ2v) is 4.22. The third kappa shape index (κ3) is 1.42. The molecule has 1 saturated carbocycles. The highest BCUT2D eigenvalue weighted by Gasteiger charge is 2.44. The van der Waals surface area contributed by atoms with Crippen molar-refractivity contribution in [2.45, 2.75) is 18.4 Å². The molecule has 0 radical (unpaired) electrons. The normalized spacial score (nSPS) is 17.9. The Morgan fingerprint density at radius 2 is 2.14 bits per heavy atom. The van der Waals surface area contributed by atoms with Crippen LogP contribution < -0.4 is 0 Å². The lowest BCUT2D eigenvalue weighted by Gasteiger charge is -2.09. The molecule has 2 rings (SSSR count). The number of halogens is 1. The monoisotopic (exact) mass is 257 g/mol.